The molecule has 32 heavy (non-hydrogen) atoms. The van der Waals surface area contributed by atoms with Crippen molar-refractivity contribution < 1.29 is 13.2 Å². The minimum Gasteiger partial charge on any atom is -0.496 e. The van der Waals surface area contributed by atoms with Crippen LogP contribution in [-0.2, 0) is 21.2 Å². The summed E-state index contributed by atoms with van der Waals surface area (Å²) in [5, 5.41) is 5.11. The number of nitrogens with one attached hydrogen (secondary N) is 1. The van der Waals surface area contributed by atoms with Crippen LogP contribution in [0.2, 0.25) is 0 Å². The lowest BCUT2D eigenvalue weighted by Gasteiger charge is -2.24. The Morgan fingerprint density at radius 3 is 2.38 bits per heavy atom. The van der Waals surface area contributed by atoms with Crippen molar-refractivity contribution in [3.8, 4) is 17.0 Å². The molecule has 0 spiro atoms. The minimum absolute atomic E-state index is 0.208. The maximum absolute atomic E-state index is 12.3. The Labute approximate surface area is 188 Å². The molecule has 3 aromatic rings. The van der Waals surface area contributed by atoms with Crippen LogP contribution in [0.1, 0.15) is 43.0 Å². The third-order valence-electron chi connectivity index (χ3n) is 4.91. The van der Waals surface area contributed by atoms with E-state index in [-0.39, 0.29) is 16.7 Å². The summed E-state index contributed by atoms with van der Waals surface area (Å²) >= 11 is 0. The van der Waals surface area contributed by atoms with Crippen molar-refractivity contribution in [2.75, 3.05) is 7.11 Å². The van der Waals surface area contributed by atoms with Crippen molar-refractivity contribution in [2.45, 2.75) is 31.9 Å². The van der Waals surface area contributed by atoms with Gasteiger partial charge in [0, 0.05) is 29.1 Å². The molecule has 2 aromatic carbocycles. The molecule has 0 saturated carbocycles. The third-order valence-corrected chi connectivity index (χ3v) is 5.65. The first-order valence-electron chi connectivity index (χ1n) is 10.0. The maximum Gasteiger partial charge on any atom is 0.274 e. The smallest absolute Gasteiger partial charge is 0.274 e. The number of nitrogens with two attached hydrogens (primary N) is 1. The zero-order valence-electron chi connectivity index (χ0n) is 18.5. The summed E-state index contributed by atoms with van der Waals surface area (Å²) in [6.07, 6.45) is 6.86. The van der Waals surface area contributed by atoms with E-state index in [2.05, 4.69) is 30.7 Å². The average Bonchev–Trinajstić information content (AvgIpc) is 2.71. The number of benzene rings is 2. The summed E-state index contributed by atoms with van der Waals surface area (Å²) in [7, 11) is -1.95. The predicted octanol–water partition coefficient (Wildman–Crippen LogP) is 3.70. The highest BCUT2D eigenvalue weighted by Crippen LogP contribution is 2.38. The van der Waals surface area contributed by atoms with Crippen molar-refractivity contribution in [1.29, 1.82) is 0 Å². The van der Waals surface area contributed by atoms with Crippen LogP contribution in [0.4, 0.5) is 0 Å². The molecule has 8 heteroatoms. The molecule has 1 heterocycles. The quantitative estimate of drug-likeness (QED) is 0.552. The van der Waals surface area contributed by atoms with E-state index >= 15 is 0 Å². The Hall–Kier alpha value is -3.23. The molecule has 0 bridgehead atoms. The number of sulfonamides is 1. The van der Waals surface area contributed by atoms with Gasteiger partial charge in [-0.1, -0.05) is 57.2 Å². The van der Waals surface area contributed by atoms with E-state index in [1.165, 1.54) is 6.20 Å². The fourth-order valence-electron chi connectivity index (χ4n) is 3.40. The number of methoxy groups -OCH3 is 1. The third kappa shape index (κ3) is 5.72. The Bertz CT molecular complexity index is 1300. The van der Waals surface area contributed by atoms with E-state index < -0.39 is 10.0 Å². The SMILES string of the molecule is COc1c(C=Cc2ccc(CS(N)(=O)=O)cc2)cc(-c2ncc[nH]c2=O)cc1C(C)(C)C. The van der Waals surface area contributed by atoms with Crippen LogP contribution in [0.5, 0.6) is 5.75 Å². The molecule has 0 amide bonds. The van der Waals surface area contributed by atoms with Gasteiger partial charge in [0.15, 0.2) is 0 Å². The van der Waals surface area contributed by atoms with Crippen LogP contribution in [0.15, 0.2) is 53.6 Å². The summed E-state index contributed by atoms with van der Waals surface area (Å²) in [6, 6.07) is 10.9. The van der Waals surface area contributed by atoms with E-state index in [1.54, 1.807) is 25.4 Å². The second-order valence-corrected chi connectivity index (χ2v) is 10.2. The van der Waals surface area contributed by atoms with Crippen LogP contribution in [-0.4, -0.2) is 25.5 Å². The lowest BCUT2D eigenvalue weighted by atomic mass is 9.83. The topological polar surface area (TPSA) is 115 Å². The van der Waals surface area contributed by atoms with E-state index in [0.29, 0.717) is 16.8 Å². The van der Waals surface area contributed by atoms with E-state index in [4.69, 9.17) is 9.88 Å². The number of nitrogens with zero attached hydrogens (tertiary/aromatic N) is 1. The van der Waals surface area contributed by atoms with Gasteiger partial charge < -0.3 is 9.72 Å². The van der Waals surface area contributed by atoms with Gasteiger partial charge >= 0.3 is 0 Å². The van der Waals surface area contributed by atoms with Gasteiger partial charge in [0.05, 0.1) is 12.9 Å². The van der Waals surface area contributed by atoms with E-state index in [0.717, 1.165) is 22.4 Å². The van der Waals surface area contributed by atoms with Crippen molar-refractivity contribution in [3.63, 3.8) is 0 Å². The largest absolute Gasteiger partial charge is 0.496 e. The highest BCUT2D eigenvalue weighted by molar-refractivity contribution is 7.88. The molecule has 0 aliphatic carbocycles. The lowest BCUT2D eigenvalue weighted by Crippen LogP contribution is -2.15. The number of hydrogen-bond acceptors (Lipinski definition) is 5. The first-order valence-corrected chi connectivity index (χ1v) is 11.7. The van der Waals surface area contributed by atoms with Gasteiger partial charge in [0.1, 0.15) is 11.4 Å². The molecule has 0 atom stereocenters. The zero-order valence-corrected chi connectivity index (χ0v) is 19.4. The molecule has 0 radical (unpaired) electrons. The standard InChI is InChI=1S/C24H27N3O4S/c1-24(2,3)20-14-19(21-23(28)27-12-11-26-21)13-18(22(20)31-4)10-9-16-5-7-17(8-6-16)15-32(25,29)30/h5-14H,15H2,1-4H3,(H,27,28)(H2,25,29,30). The number of ether oxygens (including phenoxy) is 1. The first-order chi connectivity index (χ1) is 15.0. The Morgan fingerprint density at radius 1 is 1.12 bits per heavy atom. The first kappa shape index (κ1) is 23.4. The summed E-state index contributed by atoms with van der Waals surface area (Å²) < 4.78 is 28.3. The Kier molecular flexibility index (Phi) is 6.66. The summed E-state index contributed by atoms with van der Waals surface area (Å²) in [6.45, 7) is 6.24. The Balaban J connectivity index is 2.07. The van der Waals surface area contributed by atoms with Gasteiger partial charge in [-0.2, -0.15) is 0 Å². The van der Waals surface area contributed by atoms with Gasteiger partial charge in [0.25, 0.3) is 5.56 Å². The number of primary sulfonamides is 1. The van der Waals surface area contributed by atoms with Crippen LogP contribution in [0, 0.1) is 0 Å². The van der Waals surface area contributed by atoms with Crippen molar-refractivity contribution in [2.24, 2.45) is 5.14 Å². The van der Waals surface area contributed by atoms with Crippen molar-refractivity contribution in [3.05, 3.63) is 81.4 Å². The van der Waals surface area contributed by atoms with Gasteiger partial charge in [-0.25, -0.2) is 18.5 Å². The number of hydrogen-bond donors (Lipinski definition) is 2. The molecule has 168 valence electrons. The van der Waals surface area contributed by atoms with Crippen LogP contribution in [0.25, 0.3) is 23.4 Å². The highest BCUT2D eigenvalue weighted by atomic mass is 32.2. The zero-order chi connectivity index (χ0) is 23.5. The van der Waals surface area contributed by atoms with Crippen LogP contribution >= 0.6 is 0 Å². The maximum atomic E-state index is 12.3. The van der Waals surface area contributed by atoms with E-state index in [9.17, 15) is 13.2 Å². The second-order valence-electron chi connectivity index (χ2n) is 8.55. The van der Waals surface area contributed by atoms with Gasteiger partial charge in [0.2, 0.25) is 10.0 Å². The van der Waals surface area contributed by atoms with Gasteiger partial charge in [-0.05, 0) is 28.7 Å². The van der Waals surface area contributed by atoms with Crippen molar-refractivity contribution in [1.82, 2.24) is 9.97 Å². The van der Waals surface area contributed by atoms with Gasteiger partial charge in [-0.3, -0.25) is 4.79 Å². The molecule has 7 nitrogen and oxygen atoms in total. The van der Waals surface area contributed by atoms with Crippen molar-refractivity contribution >= 4 is 22.2 Å². The molecular weight excluding hydrogens is 426 g/mol. The normalized spacial score (nSPS) is 12.3. The lowest BCUT2D eigenvalue weighted by molar-refractivity contribution is 0.397. The highest BCUT2D eigenvalue weighted by Gasteiger charge is 2.23. The fourth-order valence-corrected chi connectivity index (χ4v) is 4.05. The number of aromatic nitrogens is 2. The Morgan fingerprint density at radius 2 is 1.81 bits per heavy atom. The summed E-state index contributed by atoms with van der Waals surface area (Å²) in [5.41, 5.74) is 3.78. The van der Waals surface area contributed by atoms with Crippen LogP contribution in [0.3, 0.4) is 0 Å². The molecule has 1 aromatic heterocycles. The molecule has 0 saturated heterocycles. The number of aromatic amines is 1. The molecule has 0 unspecified atom stereocenters. The molecule has 0 aliphatic rings. The summed E-state index contributed by atoms with van der Waals surface area (Å²) in [5.74, 6) is 0.510. The molecule has 3 rings (SSSR count). The minimum atomic E-state index is -3.58. The number of rotatable bonds is 6. The fraction of sp³-hybridized carbons (Fsp3) is 0.250. The monoisotopic (exact) mass is 453 g/mol. The molecular formula is C24H27N3O4S. The number of H-pyrrole nitrogens is 1. The van der Waals surface area contributed by atoms with Crippen LogP contribution < -0.4 is 15.4 Å². The van der Waals surface area contributed by atoms with E-state index in [1.807, 2.05) is 36.4 Å². The second kappa shape index (κ2) is 9.10. The van der Waals surface area contributed by atoms with Gasteiger partial charge in [-0.15, -0.1) is 0 Å². The summed E-state index contributed by atoms with van der Waals surface area (Å²) in [4.78, 5) is 19.3. The molecule has 3 N–H and O–H groups in total. The predicted molar refractivity (Wildman–Crippen MR) is 128 cm³/mol. The molecule has 0 fully saturated rings. The average molecular weight is 454 g/mol. The molecule has 0 aliphatic heterocycles.